The lowest BCUT2D eigenvalue weighted by Crippen LogP contribution is -2.37. The molecule has 4 aromatic rings. The maximum Gasteiger partial charge on any atom is 0.354 e. The van der Waals surface area contributed by atoms with Crippen molar-refractivity contribution < 1.29 is 9.13 Å². The quantitative estimate of drug-likeness (QED) is 0.231. The van der Waals surface area contributed by atoms with Crippen LogP contribution in [0.2, 0.25) is 5.02 Å². The number of ether oxygens (including phenoxy) is 1. The van der Waals surface area contributed by atoms with Crippen molar-refractivity contribution in [2.75, 3.05) is 6.54 Å². The number of aryl methyl sites for hydroxylation is 1. The number of fused-ring (bicyclic) bond motifs is 1. The Morgan fingerprint density at radius 1 is 1.23 bits per heavy atom. The molecule has 0 spiro atoms. The van der Waals surface area contributed by atoms with E-state index in [1.54, 1.807) is 24.4 Å². The summed E-state index contributed by atoms with van der Waals surface area (Å²) >= 11 is 6.24. The molecule has 0 unspecified atom stereocenters. The molecule has 1 saturated heterocycles. The van der Waals surface area contributed by atoms with Gasteiger partial charge in [-0.25, -0.2) is 9.18 Å². The maximum absolute atomic E-state index is 15.1. The highest BCUT2D eigenvalue weighted by atomic mass is 35.5. The molecule has 2 aromatic carbocycles. The van der Waals surface area contributed by atoms with Crippen LogP contribution in [0.4, 0.5) is 4.39 Å². The first-order valence-electron chi connectivity index (χ1n) is 13.8. The van der Waals surface area contributed by atoms with E-state index in [0.29, 0.717) is 34.5 Å². The van der Waals surface area contributed by atoms with E-state index >= 15 is 4.39 Å². The van der Waals surface area contributed by atoms with Gasteiger partial charge in [0.25, 0.3) is 0 Å². The molecule has 10 heteroatoms. The smallest absolute Gasteiger partial charge is 0.354 e. The summed E-state index contributed by atoms with van der Waals surface area (Å²) in [6.07, 6.45) is 6.42. The Balaban J connectivity index is 1.41. The summed E-state index contributed by atoms with van der Waals surface area (Å²) in [5, 5.41) is 0.722. The van der Waals surface area contributed by atoms with Gasteiger partial charge in [0, 0.05) is 29.2 Å². The van der Waals surface area contributed by atoms with Gasteiger partial charge in [-0.1, -0.05) is 23.7 Å². The number of halogens is 2. The molecule has 5 rings (SSSR count). The van der Waals surface area contributed by atoms with Crippen molar-refractivity contribution in [3.8, 4) is 16.9 Å². The maximum atomic E-state index is 15.1. The van der Waals surface area contributed by atoms with Gasteiger partial charge in [-0.2, -0.15) is 4.98 Å². The number of benzene rings is 2. The summed E-state index contributed by atoms with van der Waals surface area (Å²) < 4.78 is 22.8. The Morgan fingerprint density at radius 3 is 2.73 bits per heavy atom. The van der Waals surface area contributed by atoms with Crippen LogP contribution in [0.15, 0.2) is 53.5 Å². The molecule has 0 amide bonds. The summed E-state index contributed by atoms with van der Waals surface area (Å²) in [6, 6.07) is 13.0. The number of H-pyrrole nitrogens is 1. The van der Waals surface area contributed by atoms with Crippen molar-refractivity contribution in [2.24, 2.45) is 17.2 Å². The van der Waals surface area contributed by atoms with Crippen molar-refractivity contribution >= 4 is 22.6 Å². The Labute approximate surface area is 237 Å². The van der Waals surface area contributed by atoms with Gasteiger partial charge in [0.1, 0.15) is 5.65 Å². The number of nitrogens with zero attached hydrogens (tertiary/aromatic N) is 2. The Hall–Kier alpha value is -3.08. The third kappa shape index (κ3) is 6.29. The lowest BCUT2D eigenvalue weighted by atomic mass is 9.93. The number of rotatable bonds is 9. The number of aromatic nitrogens is 3. The predicted molar refractivity (Wildman–Crippen MR) is 157 cm³/mol. The predicted octanol–water partition coefficient (Wildman–Crippen LogP) is 4.74. The van der Waals surface area contributed by atoms with Gasteiger partial charge >= 0.3 is 5.69 Å². The van der Waals surface area contributed by atoms with Crippen LogP contribution >= 0.6 is 11.6 Å². The molecule has 2 aromatic heterocycles. The van der Waals surface area contributed by atoms with Crippen LogP contribution in [0.3, 0.4) is 0 Å². The molecule has 1 aliphatic rings. The van der Waals surface area contributed by atoms with Gasteiger partial charge in [0.05, 0.1) is 28.6 Å². The van der Waals surface area contributed by atoms with E-state index in [1.807, 2.05) is 31.2 Å². The van der Waals surface area contributed by atoms with Crippen LogP contribution < -0.4 is 22.9 Å². The molecule has 212 valence electrons. The third-order valence-corrected chi connectivity index (χ3v) is 7.76. The zero-order valence-corrected chi connectivity index (χ0v) is 23.3. The summed E-state index contributed by atoms with van der Waals surface area (Å²) in [6.45, 7) is 2.52. The second-order valence-corrected chi connectivity index (χ2v) is 11.2. The van der Waals surface area contributed by atoms with Crippen LogP contribution in [0.5, 0.6) is 0 Å². The molecule has 0 saturated carbocycles. The molecule has 0 bridgehead atoms. The van der Waals surface area contributed by atoms with E-state index in [1.165, 1.54) is 4.57 Å². The number of hydrogen-bond acceptors (Lipinski definition) is 6. The summed E-state index contributed by atoms with van der Waals surface area (Å²) in [4.78, 5) is 20.3. The van der Waals surface area contributed by atoms with Gasteiger partial charge in [0.15, 0.2) is 5.82 Å². The standard InChI is InChI=1S/C30H36ClFN6O2/c1-17(34)3-2-4-18-11-24(28(32)25(31)12-18)26-13-20-16-38(30(39)37-29(20)36-26)22-7-5-19(6-8-22)27-15-21(35)14-23(40-27)9-10-33/h5-8,11-13,16-17,21,23,27H,2-4,9-10,14-15,33-35H2,1H3,(H,36,37,39)/t17-,21+,23-,27+/m0/s1. The highest BCUT2D eigenvalue weighted by molar-refractivity contribution is 6.31. The van der Waals surface area contributed by atoms with E-state index in [0.717, 1.165) is 49.7 Å². The van der Waals surface area contributed by atoms with Crippen LogP contribution in [0.25, 0.3) is 28.0 Å². The Morgan fingerprint density at radius 2 is 2.00 bits per heavy atom. The van der Waals surface area contributed by atoms with E-state index < -0.39 is 11.5 Å². The van der Waals surface area contributed by atoms with Crippen molar-refractivity contribution in [1.29, 1.82) is 0 Å². The average Bonchev–Trinajstić information content (AvgIpc) is 3.32. The normalized spacial score (nSPS) is 20.2. The van der Waals surface area contributed by atoms with E-state index in [4.69, 9.17) is 33.5 Å². The number of aromatic amines is 1. The molecule has 0 aliphatic carbocycles. The number of nitrogens with one attached hydrogen (secondary N) is 1. The average molecular weight is 567 g/mol. The second kappa shape index (κ2) is 12.2. The van der Waals surface area contributed by atoms with Gasteiger partial charge in [0.2, 0.25) is 0 Å². The fraction of sp³-hybridized carbons (Fsp3) is 0.400. The van der Waals surface area contributed by atoms with Gasteiger partial charge in [-0.05, 0) is 93.5 Å². The van der Waals surface area contributed by atoms with Crippen LogP contribution in [0, 0.1) is 5.82 Å². The Kier molecular flexibility index (Phi) is 8.68. The number of hydrogen-bond donors (Lipinski definition) is 4. The molecular weight excluding hydrogens is 531 g/mol. The fourth-order valence-corrected chi connectivity index (χ4v) is 5.67. The van der Waals surface area contributed by atoms with Crippen LogP contribution in [-0.2, 0) is 11.2 Å². The van der Waals surface area contributed by atoms with E-state index in [2.05, 4.69) is 9.97 Å². The lowest BCUT2D eigenvalue weighted by molar-refractivity contribution is -0.0604. The van der Waals surface area contributed by atoms with Gasteiger partial charge < -0.3 is 26.9 Å². The first kappa shape index (κ1) is 28.4. The monoisotopic (exact) mass is 566 g/mol. The first-order chi connectivity index (χ1) is 19.2. The third-order valence-electron chi connectivity index (χ3n) is 7.48. The molecule has 4 atom stereocenters. The van der Waals surface area contributed by atoms with Crippen molar-refractivity contribution in [3.63, 3.8) is 0 Å². The van der Waals surface area contributed by atoms with Crippen molar-refractivity contribution in [3.05, 3.63) is 81.1 Å². The molecule has 3 heterocycles. The molecule has 7 N–H and O–H groups in total. The minimum atomic E-state index is -0.520. The van der Waals surface area contributed by atoms with Crippen LogP contribution in [0.1, 0.15) is 56.3 Å². The summed E-state index contributed by atoms with van der Waals surface area (Å²) in [5.74, 6) is -0.520. The van der Waals surface area contributed by atoms with Gasteiger partial charge in [-0.15, -0.1) is 0 Å². The summed E-state index contributed by atoms with van der Waals surface area (Å²) in [7, 11) is 0. The minimum Gasteiger partial charge on any atom is -0.370 e. The fourth-order valence-electron chi connectivity index (χ4n) is 5.43. The van der Waals surface area contributed by atoms with Gasteiger partial charge in [-0.3, -0.25) is 4.57 Å². The number of nitrogens with two attached hydrogens (primary N) is 3. The molecule has 40 heavy (non-hydrogen) atoms. The van der Waals surface area contributed by atoms with E-state index in [-0.39, 0.29) is 29.3 Å². The molecule has 1 fully saturated rings. The van der Waals surface area contributed by atoms with Crippen molar-refractivity contribution in [1.82, 2.24) is 14.5 Å². The SMILES string of the molecule is C[C@H](N)CCCc1cc(Cl)c(F)c(-c2cc3cn(-c4ccc([C@H]5C[C@H](N)C[C@H](CCN)O5)cc4)c(=O)nc3[nH]2)c1. The molecule has 0 radical (unpaired) electrons. The molecular formula is C30H36ClFN6O2. The zero-order chi connectivity index (χ0) is 28.4. The van der Waals surface area contributed by atoms with Crippen LogP contribution in [-0.4, -0.2) is 39.3 Å². The Bertz CT molecular complexity index is 1530. The highest BCUT2D eigenvalue weighted by Gasteiger charge is 2.28. The summed E-state index contributed by atoms with van der Waals surface area (Å²) in [5.41, 5.74) is 21.2. The molecule has 1 aliphatic heterocycles. The first-order valence-corrected chi connectivity index (χ1v) is 14.2. The zero-order valence-electron chi connectivity index (χ0n) is 22.6. The highest BCUT2D eigenvalue weighted by Crippen LogP contribution is 2.33. The van der Waals surface area contributed by atoms with E-state index in [9.17, 15) is 4.79 Å². The lowest BCUT2D eigenvalue weighted by Gasteiger charge is -2.34. The second-order valence-electron chi connectivity index (χ2n) is 10.8. The molecule has 8 nitrogen and oxygen atoms in total. The largest absolute Gasteiger partial charge is 0.370 e. The van der Waals surface area contributed by atoms with Crippen molar-refractivity contribution in [2.45, 2.75) is 69.7 Å². The minimum absolute atomic E-state index is 0.0468. The topological polar surface area (TPSA) is 138 Å².